The Hall–Kier alpha value is -2.81. The lowest BCUT2D eigenvalue weighted by Gasteiger charge is -2.19. The normalized spacial score (nSPS) is 15.2. The highest BCUT2D eigenvalue weighted by Crippen LogP contribution is 2.35. The predicted octanol–water partition coefficient (Wildman–Crippen LogP) is 4.98. The lowest BCUT2D eigenvalue weighted by atomic mass is 10.1. The Kier molecular flexibility index (Phi) is 5.67. The second-order valence-electron chi connectivity index (χ2n) is 7.75. The molecule has 0 saturated carbocycles. The molecule has 9 heteroatoms. The third-order valence-electron chi connectivity index (χ3n) is 5.45. The molecule has 1 N–H and O–H groups in total. The quantitative estimate of drug-likeness (QED) is 0.428. The molecule has 6 nitrogen and oxygen atoms in total. The van der Waals surface area contributed by atoms with E-state index in [1.54, 1.807) is 24.7 Å². The topological polar surface area (TPSA) is 67.0 Å². The number of nitrogens with zero attached hydrogens (tertiary/aromatic N) is 4. The fourth-order valence-corrected chi connectivity index (χ4v) is 4.67. The third-order valence-corrected chi connectivity index (χ3v) is 6.48. The van der Waals surface area contributed by atoms with Gasteiger partial charge in [-0.05, 0) is 53.3 Å². The molecule has 1 aliphatic heterocycles. The fourth-order valence-electron chi connectivity index (χ4n) is 3.96. The summed E-state index contributed by atoms with van der Waals surface area (Å²) in [7, 11) is -0.702. The van der Waals surface area contributed by atoms with Crippen molar-refractivity contribution in [1.29, 1.82) is 4.78 Å². The molecule has 0 bridgehead atoms. The van der Waals surface area contributed by atoms with Crippen LogP contribution in [0.4, 0.5) is 4.39 Å². The van der Waals surface area contributed by atoms with Crippen molar-refractivity contribution in [3.63, 3.8) is 0 Å². The number of rotatable bonds is 4. The molecular formula is C23H21ClFN5OS. The summed E-state index contributed by atoms with van der Waals surface area (Å²) in [5.41, 5.74) is 3.80. The minimum absolute atomic E-state index is 0.256. The maximum atomic E-state index is 13.6. The fraction of sp³-hybridized carbons (Fsp3) is 0.217. The highest BCUT2D eigenvalue weighted by Gasteiger charge is 2.20. The molecule has 0 fully saturated rings. The Labute approximate surface area is 192 Å². The minimum Gasteiger partial charge on any atom is -0.490 e. The molecule has 5 rings (SSSR count). The van der Waals surface area contributed by atoms with Crippen LogP contribution in [0.25, 0.3) is 16.6 Å². The van der Waals surface area contributed by atoms with Gasteiger partial charge in [0.15, 0.2) is 5.16 Å². The summed E-state index contributed by atoms with van der Waals surface area (Å²) >= 11 is 6.61. The van der Waals surface area contributed by atoms with E-state index < -0.39 is 10.7 Å². The first-order valence-electron chi connectivity index (χ1n) is 10.1. The summed E-state index contributed by atoms with van der Waals surface area (Å²) in [6.45, 7) is 2.60. The number of halogens is 2. The van der Waals surface area contributed by atoms with Gasteiger partial charge in [0.25, 0.3) is 0 Å². The number of benzene rings is 2. The van der Waals surface area contributed by atoms with Gasteiger partial charge in [0, 0.05) is 60.4 Å². The number of fused-ring (bicyclic) bond motifs is 2. The molecule has 0 radical (unpaired) electrons. The van der Waals surface area contributed by atoms with Crippen molar-refractivity contribution in [1.82, 2.24) is 19.4 Å². The van der Waals surface area contributed by atoms with Crippen LogP contribution in [0, 0.1) is 10.6 Å². The van der Waals surface area contributed by atoms with Crippen LogP contribution in [0.15, 0.2) is 60.1 Å². The molecule has 2 aromatic carbocycles. The van der Waals surface area contributed by atoms with Crippen molar-refractivity contribution in [2.45, 2.75) is 18.2 Å². The van der Waals surface area contributed by atoms with Crippen LogP contribution in [0.1, 0.15) is 11.1 Å². The van der Waals surface area contributed by atoms with Gasteiger partial charge in [-0.1, -0.05) is 11.6 Å². The summed E-state index contributed by atoms with van der Waals surface area (Å²) in [4.78, 5) is 10.9. The minimum atomic E-state index is -0.702. The highest BCUT2D eigenvalue weighted by molar-refractivity contribution is 7.85. The standard InChI is InChI=1S/C23H21ClFN5OS/c1-32(26)23-27-11-15(12-28-23)13-29-6-7-31-22-17(14-29)9-19(10-20(22)24)30-5-4-16-8-18(25)2-3-21(16)30/h2-5,8-12,26H,6-7,13-14H2,1H3. The van der Waals surface area contributed by atoms with Crippen molar-refractivity contribution in [2.24, 2.45) is 0 Å². The zero-order chi connectivity index (χ0) is 22.2. The predicted molar refractivity (Wildman–Crippen MR) is 124 cm³/mol. The Morgan fingerprint density at radius 2 is 2.00 bits per heavy atom. The first-order chi connectivity index (χ1) is 15.5. The molecule has 0 amide bonds. The molecule has 3 heterocycles. The van der Waals surface area contributed by atoms with Gasteiger partial charge in [-0.2, -0.15) is 0 Å². The van der Waals surface area contributed by atoms with Crippen LogP contribution in [-0.4, -0.2) is 38.8 Å². The number of aromatic nitrogens is 3. The van der Waals surface area contributed by atoms with Crippen molar-refractivity contribution in [3.8, 4) is 11.4 Å². The van der Waals surface area contributed by atoms with Crippen LogP contribution >= 0.6 is 11.6 Å². The Morgan fingerprint density at radius 3 is 2.78 bits per heavy atom. The summed E-state index contributed by atoms with van der Waals surface area (Å²) in [5.74, 6) is 0.449. The zero-order valence-corrected chi connectivity index (χ0v) is 19.0. The smallest absolute Gasteiger partial charge is 0.197 e. The van der Waals surface area contributed by atoms with E-state index in [4.69, 9.17) is 21.1 Å². The summed E-state index contributed by atoms with van der Waals surface area (Å²) in [6, 6.07) is 10.6. The lowest BCUT2D eigenvalue weighted by Crippen LogP contribution is -2.25. The lowest BCUT2D eigenvalue weighted by molar-refractivity contribution is 0.219. The van der Waals surface area contributed by atoms with E-state index in [0.29, 0.717) is 35.6 Å². The van der Waals surface area contributed by atoms with E-state index in [0.717, 1.165) is 34.3 Å². The zero-order valence-electron chi connectivity index (χ0n) is 17.4. The van der Waals surface area contributed by atoms with Crippen molar-refractivity contribution in [3.05, 3.63) is 77.0 Å². The van der Waals surface area contributed by atoms with E-state index in [1.165, 1.54) is 12.1 Å². The van der Waals surface area contributed by atoms with E-state index >= 15 is 0 Å². The second-order valence-corrected chi connectivity index (χ2v) is 9.54. The summed E-state index contributed by atoms with van der Waals surface area (Å²) < 4.78 is 29.3. The van der Waals surface area contributed by atoms with Crippen LogP contribution in [-0.2, 0) is 23.8 Å². The average molecular weight is 470 g/mol. The van der Waals surface area contributed by atoms with Gasteiger partial charge in [0.05, 0.1) is 10.5 Å². The molecule has 164 valence electrons. The van der Waals surface area contributed by atoms with Gasteiger partial charge in [-0.25, -0.2) is 14.4 Å². The van der Waals surface area contributed by atoms with E-state index in [9.17, 15) is 4.39 Å². The molecule has 1 atom stereocenters. The van der Waals surface area contributed by atoms with Gasteiger partial charge in [-0.3, -0.25) is 9.68 Å². The molecule has 1 aliphatic rings. The number of hydrogen-bond donors (Lipinski definition) is 1. The van der Waals surface area contributed by atoms with Crippen molar-refractivity contribution in [2.75, 3.05) is 19.4 Å². The molecule has 1 unspecified atom stereocenters. The van der Waals surface area contributed by atoms with Crippen molar-refractivity contribution < 1.29 is 9.13 Å². The van der Waals surface area contributed by atoms with Gasteiger partial charge in [-0.15, -0.1) is 0 Å². The molecule has 0 spiro atoms. The molecule has 2 aromatic heterocycles. The van der Waals surface area contributed by atoms with E-state index in [1.807, 2.05) is 22.9 Å². The first-order valence-corrected chi connectivity index (χ1v) is 12.1. The van der Waals surface area contributed by atoms with Crippen LogP contribution in [0.2, 0.25) is 5.02 Å². The molecule has 0 saturated heterocycles. The average Bonchev–Trinajstić information content (AvgIpc) is 3.07. The van der Waals surface area contributed by atoms with Gasteiger partial charge >= 0.3 is 0 Å². The largest absolute Gasteiger partial charge is 0.490 e. The third kappa shape index (κ3) is 4.13. The SMILES string of the molecule is CS(=N)c1ncc(CN2CCOc3c(Cl)cc(-n4ccc5cc(F)ccc54)cc3C2)cn1. The van der Waals surface area contributed by atoms with E-state index in [-0.39, 0.29) is 5.82 Å². The maximum Gasteiger partial charge on any atom is 0.197 e. The summed E-state index contributed by atoms with van der Waals surface area (Å²) in [5, 5.41) is 1.94. The number of ether oxygens (including phenoxy) is 1. The Bertz CT molecular complexity index is 1320. The van der Waals surface area contributed by atoms with Gasteiger partial charge in [0.2, 0.25) is 0 Å². The van der Waals surface area contributed by atoms with Crippen molar-refractivity contribution >= 4 is 33.2 Å². The molecule has 32 heavy (non-hydrogen) atoms. The number of hydrogen-bond acceptors (Lipinski definition) is 5. The first kappa shape index (κ1) is 21.1. The van der Waals surface area contributed by atoms with Crippen LogP contribution in [0.3, 0.4) is 0 Å². The highest BCUT2D eigenvalue weighted by atomic mass is 35.5. The summed E-state index contributed by atoms with van der Waals surface area (Å²) in [6.07, 6.45) is 7.29. The second kappa shape index (κ2) is 8.61. The molecule has 0 aliphatic carbocycles. The van der Waals surface area contributed by atoms with Gasteiger partial charge < -0.3 is 9.30 Å². The van der Waals surface area contributed by atoms with Crippen LogP contribution in [0.5, 0.6) is 5.75 Å². The van der Waals surface area contributed by atoms with Crippen LogP contribution < -0.4 is 4.74 Å². The molecular weight excluding hydrogens is 449 g/mol. The number of nitrogens with one attached hydrogen (secondary N) is 1. The maximum absolute atomic E-state index is 13.6. The molecule has 4 aromatic rings. The van der Waals surface area contributed by atoms with E-state index in [2.05, 4.69) is 20.9 Å². The Balaban J connectivity index is 1.45. The monoisotopic (exact) mass is 469 g/mol. The Morgan fingerprint density at radius 1 is 1.19 bits per heavy atom. The van der Waals surface area contributed by atoms with Gasteiger partial charge in [0.1, 0.15) is 18.2 Å².